The first-order valence-corrected chi connectivity index (χ1v) is 6.45. The number of anilines is 1. The molecule has 1 heterocycles. The number of nitrogens with one attached hydrogen (secondary N) is 1. The van der Waals surface area contributed by atoms with E-state index in [1.54, 1.807) is 18.2 Å². The molecule has 98 valence electrons. The Labute approximate surface area is 107 Å². The summed E-state index contributed by atoms with van der Waals surface area (Å²) in [5.74, 6) is -0.536. The molecule has 1 saturated heterocycles. The first-order valence-electron chi connectivity index (χ1n) is 6.45. The van der Waals surface area contributed by atoms with Gasteiger partial charge in [0.15, 0.2) is 0 Å². The van der Waals surface area contributed by atoms with Crippen LogP contribution >= 0.6 is 0 Å². The van der Waals surface area contributed by atoms with E-state index < -0.39 is 5.82 Å². The highest BCUT2D eigenvalue weighted by Crippen LogP contribution is 2.17. The van der Waals surface area contributed by atoms with Crippen LogP contribution in [0.1, 0.15) is 26.2 Å². The molecule has 0 radical (unpaired) electrons. The van der Waals surface area contributed by atoms with Gasteiger partial charge in [-0.25, -0.2) is 4.39 Å². The zero-order valence-electron chi connectivity index (χ0n) is 10.7. The standard InChI is InChI=1S/C14H19FN2O/c1-11-6-4-5-9-17(11)10-14(18)16-13-8-3-2-7-12(13)15/h2-3,7-8,11H,4-6,9-10H2,1H3,(H,16,18)/t11-/m0/s1. The Kier molecular flexibility index (Phi) is 4.31. The van der Waals surface area contributed by atoms with Crippen LogP contribution in [0.15, 0.2) is 24.3 Å². The summed E-state index contributed by atoms with van der Waals surface area (Å²) in [5, 5.41) is 2.62. The third-order valence-electron chi connectivity index (χ3n) is 3.44. The molecule has 1 aliphatic rings. The summed E-state index contributed by atoms with van der Waals surface area (Å²) in [6.45, 7) is 3.43. The smallest absolute Gasteiger partial charge is 0.238 e. The van der Waals surface area contributed by atoms with Crippen LogP contribution in [0.3, 0.4) is 0 Å². The Hall–Kier alpha value is -1.42. The minimum absolute atomic E-state index is 0.145. The molecular formula is C14H19FN2O. The molecule has 4 heteroatoms. The number of hydrogen-bond acceptors (Lipinski definition) is 2. The summed E-state index contributed by atoms with van der Waals surface area (Å²) < 4.78 is 13.4. The van der Waals surface area contributed by atoms with E-state index in [2.05, 4.69) is 17.1 Å². The molecule has 0 bridgehead atoms. The van der Waals surface area contributed by atoms with Gasteiger partial charge in [0.2, 0.25) is 5.91 Å². The molecule has 1 amide bonds. The Bertz CT molecular complexity index is 422. The third kappa shape index (κ3) is 3.29. The summed E-state index contributed by atoms with van der Waals surface area (Å²) in [7, 11) is 0. The number of hydrogen-bond donors (Lipinski definition) is 1. The van der Waals surface area contributed by atoms with Crippen molar-refractivity contribution in [2.24, 2.45) is 0 Å². The van der Waals surface area contributed by atoms with Gasteiger partial charge in [0, 0.05) is 6.04 Å². The Balaban J connectivity index is 1.90. The average Bonchev–Trinajstić information content (AvgIpc) is 2.35. The van der Waals surface area contributed by atoms with E-state index in [0.717, 1.165) is 19.4 Å². The molecule has 0 spiro atoms. The van der Waals surface area contributed by atoms with Crippen molar-refractivity contribution in [1.29, 1.82) is 0 Å². The van der Waals surface area contributed by atoms with E-state index in [0.29, 0.717) is 12.6 Å². The number of rotatable bonds is 3. The minimum Gasteiger partial charge on any atom is -0.322 e. The maximum Gasteiger partial charge on any atom is 0.238 e. The third-order valence-corrected chi connectivity index (χ3v) is 3.44. The quantitative estimate of drug-likeness (QED) is 0.894. The second-order valence-electron chi connectivity index (χ2n) is 4.84. The highest BCUT2D eigenvalue weighted by Gasteiger charge is 2.20. The van der Waals surface area contributed by atoms with Crippen molar-refractivity contribution in [3.05, 3.63) is 30.1 Å². The number of piperidine rings is 1. The van der Waals surface area contributed by atoms with E-state index >= 15 is 0 Å². The van der Waals surface area contributed by atoms with Crippen LogP contribution in [0, 0.1) is 5.82 Å². The van der Waals surface area contributed by atoms with Gasteiger partial charge >= 0.3 is 0 Å². The second-order valence-corrected chi connectivity index (χ2v) is 4.84. The molecule has 1 fully saturated rings. The lowest BCUT2D eigenvalue weighted by Gasteiger charge is -2.32. The number of amides is 1. The Morgan fingerprint density at radius 2 is 2.22 bits per heavy atom. The molecule has 1 N–H and O–H groups in total. The number of para-hydroxylation sites is 1. The van der Waals surface area contributed by atoms with Gasteiger partial charge < -0.3 is 5.32 Å². The van der Waals surface area contributed by atoms with Crippen molar-refractivity contribution < 1.29 is 9.18 Å². The fraction of sp³-hybridized carbons (Fsp3) is 0.500. The van der Waals surface area contributed by atoms with Crippen molar-refractivity contribution >= 4 is 11.6 Å². The maximum atomic E-state index is 13.4. The summed E-state index contributed by atoms with van der Waals surface area (Å²) in [4.78, 5) is 14.0. The van der Waals surface area contributed by atoms with Crippen molar-refractivity contribution in [3.63, 3.8) is 0 Å². The first-order chi connectivity index (χ1) is 8.66. The van der Waals surface area contributed by atoms with Crippen molar-refractivity contribution in [1.82, 2.24) is 4.90 Å². The molecule has 18 heavy (non-hydrogen) atoms. The fourth-order valence-electron chi connectivity index (χ4n) is 2.33. The largest absolute Gasteiger partial charge is 0.322 e. The minimum atomic E-state index is -0.391. The van der Waals surface area contributed by atoms with Crippen LogP contribution in [-0.2, 0) is 4.79 Å². The van der Waals surface area contributed by atoms with Gasteiger partial charge in [0.25, 0.3) is 0 Å². The number of likely N-dealkylation sites (tertiary alicyclic amines) is 1. The zero-order valence-corrected chi connectivity index (χ0v) is 10.7. The molecule has 3 nitrogen and oxygen atoms in total. The van der Waals surface area contributed by atoms with E-state index in [4.69, 9.17) is 0 Å². The number of halogens is 1. The molecule has 2 rings (SSSR count). The zero-order chi connectivity index (χ0) is 13.0. The highest BCUT2D eigenvalue weighted by atomic mass is 19.1. The van der Waals surface area contributed by atoms with Crippen molar-refractivity contribution in [3.8, 4) is 0 Å². The lowest BCUT2D eigenvalue weighted by molar-refractivity contribution is -0.118. The lowest BCUT2D eigenvalue weighted by Crippen LogP contribution is -2.42. The van der Waals surface area contributed by atoms with E-state index in [1.165, 1.54) is 12.5 Å². The van der Waals surface area contributed by atoms with Crippen LogP contribution in [0.5, 0.6) is 0 Å². The summed E-state index contributed by atoms with van der Waals surface area (Å²) in [5.41, 5.74) is 0.257. The van der Waals surface area contributed by atoms with Gasteiger partial charge in [0.1, 0.15) is 5.82 Å². The highest BCUT2D eigenvalue weighted by molar-refractivity contribution is 5.92. The molecular weight excluding hydrogens is 231 g/mol. The van der Waals surface area contributed by atoms with Gasteiger partial charge in [-0.1, -0.05) is 18.6 Å². The van der Waals surface area contributed by atoms with E-state index in [1.807, 2.05) is 0 Å². The van der Waals surface area contributed by atoms with E-state index in [-0.39, 0.29) is 11.6 Å². The van der Waals surface area contributed by atoms with Gasteiger partial charge in [-0.15, -0.1) is 0 Å². The van der Waals surface area contributed by atoms with Crippen LogP contribution in [0.25, 0.3) is 0 Å². The Morgan fingerprint density at radius 1 is 1.44 bits per heavy atom. The monoisotopic (exact) mass is 250 g/mol. The number of benzene rings is 1. The number of carbonyl (C=O) groups excluding carboxylic acids is 1. The topological polar surface area (TPSA) is 32.3 Å². The van der Waals surface area contributed by atoms with Crippen molar-refractivity contribution in [2.45, 2.75) is 32.2 Å². The number of carbonyl (C=O) groups is 1. The predicted molar refractivity (Wildman–Crippen MR) is 69.9 cm³/mol. The first kappa shape index (κ1) is 13.0. The van der Waals surface area contributed by atoms with Crippen LogP contribution < -0.4 is 5.32 Å². The fourth-order valence-corrected chi connectivity index (χ4v) is 2.33. The molecule has 1 aromatic rings. The molecule has 1 atom stereocenters. The van der Waals surface area contributed by atoms with Gasteiger partial charge in [0.05, 0.1) is 12.2 Å². The second kappa shape index (κ2) is 5.96. The summed E-state index contributed by atoms with van der Waals surface area (Å²) >= 11 is 0. The molecule has 0 unspecified atom stereocenters. The normalized spacial score (nSPS) is 20.7. The molecule has 1 aliphatic heterocycles. The van der Waals surface area contributed by atoms with Crippen LogP contribution in [-0.4, -0.2) is 29.9 Å². The SMILES string of the molecule is C[C@H]1CCCCN1CC(=O)Nc1ccccc1F. The average molecular weight is 250 g/mol. The van der Waals surface area contributed by atoms with Crippen LogP contribution in [0.2, 0.25) is 0 Å². The van der Waals surface area contributed by atoms with Crippen molar-refractivity contribution in [2.75, 3.05) is 18.4 Å². The van der Waals surface area contributed by atoms with Crippen LogP contribution in [0.4, 0.5) is 10.1 Å². The number of nitrogens with zero attached hydrogens (tertiary/aromatic N) is 1. The van der Waals surface area contributed by atoms with Gasteiger partial charge in [-0.05, 0) is 38.4 Å². The lowest BCUT2D eigenvalue weighted by atomic mass is 10.0. The van der Waals surface area contributed by atoms with E-state index in [9.17, 15) is 9.18 Å². The maximum absolute atomic E-state index is 13.4. The molecule has 0 aromatic heterocycles. The predicted octanol–water partition coefficient (Wildman–Crippen LogP) is 2.64. The molecule has 0 saturated carbocycles. The molecule has 1 aromatic carbocycles. The van der Waals surface area contributed by atoms with Gasteiger partial charge in [-0.3, -0.25) is 9.69 Å². The van der Waals surface area contributed by atoms with Gasteiger partial charge in [-0.2, -0.15) is 0 Å². The summed E-state index contributed by atoms with van der Waals surface area (Å²) in [6.07, 6.45) is 3.50. The summed E-state index contributed by atoms with van der Waals surface area (Å²) in [6, 6.07) is 6.68. The Morgan fingerprint density at radius 3 is 2.94 bits per heavy atom. The molecule has 0 aliphatic carbocycles.